The number of nitrogens with one attached hydrogen (secondary N) is 1. The zero-order valence-electron chi connectivity index (χ0n) is 10.5. The zero-order valence-corrected chi connectivity index (χ0v) is 10.5. The van der Waals surface area contributed by atoms with Crippen molar-refractivity contribution in [2.75, 3.05) is 13.1 Å². The summed E-state index contributed by atoms with van der Waals surface area (Å²) in [5.74, 6) is 0.257. The largest absolute Gasteiger partial charge is 0.338 e. The molecule has 1 fully saturated rings. The number of aromatic nitrogens is 2. The van der Waals surface area contributed by atoms with Crippen LogP contribution in [0.15, 0.2) is 11.0 Å². The van der Waals surface area contributed by atoms with E-state index in [1.165, 1.54) is 6.20 Å². The third kappa shape index (κ3) is 2.76. The minimum absolute atomic E-state index is 0.107. The third-order valence-corrected chi connectivity index (χ3v) is 3.22. The molecule has 1 atom stereocenters. The molecule has 0 spiro atoms. The molecular weight excluding hydrogens is 232 g/mol. The Hall–Kier alpha value is -1.69. The smallest absolute Gasteiger partial charge is 0.263 e. The van der Waals surface area contributed by atoms with Gasteiger partial charge >= 0.3 is 0 Å². The highest BCUT2D eigenvalue weighted by Crippen LogP contribution is 2.11. The van der Waals surface area contributed by atoms with Crippen molar-refractivity contribution >= 4 is 5.91 Å². The van der Waals surface area contributed by atoms with E-state index in [-0.39, 0.29) is 23.1 Å². The van der Waals surface area contributed by atoms with Crippen LogP contribution in [0, 0.1) is 6.92 Å². The van der Waals surface area contributed by atoms with Gasteiger partial charge in [0.1, 0.15) is 11.4 Å². The van der Waals surface area contributed by atoms with Gasteiger partial charge in [-0.1, -0.05) is 0 Å². The van der Waals surface area contributed by atoms with Gasteiger partial charge < -0.3 is 15.6 Å². The van der Waals surface area contributed by atoms with Crippen LogP contribution in [0.2, 0.25) is 0 Å². The number of hydrogen-bond donors (Lipinski definition) is 2. The number of aryl methyl sites for hydroxylation is 1. The van der Waals surface area contributed by atoms with Crippen molar-refractivity contribution < 1.29 is 4.79 Å². The SMILES string of the molecule is Cc1ncc(C(=O)N2CCC[C@H](N)CC2)c(=O)[nH]1. The van der Waals surface area contributed by atoms with Crippen LogP contribution in [-0.2, 0) is 0 Å². The Kier molecular flexibility index (Phi) is 3.76. The maximum Gasteiger partial charge on any atom is 0.263 e. The minimum atomic E-state index is -0.374. The molecule has 0 bridgehead atoms. The Morgan fingerprint density at radius 3 is 3.00 bits per heavy atom. The predicted molar refractivity (Wildman–Crippen MR) is 67.3 cm³/mol. The van der Waals surface area contributed by atoms with Gasteiger partial charge in [-0.15, -0.1) is 0 Å². The Labute approximate surface area is 105 Å². The van der Waals surface area contributed by atoms with Gasteiger partial charge in [-0.05, 0) is 26.2 Å². The predicted octanol–water partition coefficient (Wildman–Crippen LogP) is 0.0317. The van der Waals surface area contributed by atoms with Crippen molar-refractivity contribution in [3.8, 4) is 0 Å². The number of amides is 1. The summed E-state index contributed by atoms with van der Waals surface area (Å²) in [5.41, 5.74) is 5.60. The van der Waals surface area contributed by atoms with Crippen molar-refractivity contribution in [2.24, 2.45) is 5.73 Å². The van der Waals surface area contributed by atoms with E-state index in [0.29, 0.717) is 18.9 Å². The van der Waals surface area contributed by atoms with Gasteiger partial charge in [0.2, 0.25) is 0 Å². The lowest BCUT2D eigenvalue weighted by Gasteiger charge is -2.19. The first-order valence-corrected chi connectivity index (χ1v) is 6.18. The molecule has 2 rings (SSSR count). The Morgan fingerprint density at radius 2 is 2.28 bits per heavy atom. The normalized spacial score (nSPS) is 20.6. The van der Waals surface area contributed by atoms with Crippen LogP contribution in [0.25, 0.3) is 0 Å². The standard InChI is InChI=1S/C12H18N4O2/c1-8-14-7-10(11(17)15-8)12(18)16-5-2-3-9(13)4-6-16/h7,9H,2-6,13H2,1H3,(H,14,15,17)/t9-/m0/s1. The maximum atomic E-state index is 12.2. The number of nitrogens with zero attached hydrogens (tertiary/aromatic N) is 2. The number of aromatic amines is 1. The molecule has 6 nitrogen and oxygen atoms in total. The number of nitrogens with two attached hydrogens (primary N) is 1. The lowest BCUT2D eigenvalue weighted by molar-refractivity contribution is 0.0759. The van der Waals surface area contributed by atoms with Crippen LogP contribution in [0.4, 0.5) is 0 Å². The highest BCUT2D eigenvalue weighted by atomic mass is 16.2. The van der Waals surface area contributed by atoms with Crippen molar-refractivity contribution in [2.45, 2.75) is 32.2 Å². The van der Waals surface area contributed by atoms with Crippen molar-refractivity contribution in [1.29, 1.82) is 0 Å². The van der Waals surface area contributed by atoms with E-state index in [9.17, 15) is 9.59 Å². The fourth-order valence-electron chi connectivity index (χ4n) is 2.13. The van der Waals surface area contributed by atoms with E-state index in [1.54, 1.807) is 11.8 Å². The van der Waals surface area contributed by atoms with Crippen LogP contribution < -0.4 is 11.3 Å². The maximum absolute atomic E-state index is 12.2. The van der Waals surface area contributed by atoms with E-state index in [0.717, 1.165) is 19.3 Å². The third-order valence-electron chi connectivity index (χ3n) is 3.22. The van der Waals surface area contributed by atoms with E-state index in [4.69, 9.17) is 5.73 Å². The number of carbonyl (C=O) groups is 1. The van der Waals surface area contributed by atoms with Gasteiger partial charge in [0, 0.05) is 25.3 Å². The van der Waals surface area contributed by atoms with E-state index >= 15 is 0 Å². The molecule has 1 aromatic heterocycles. The molecule has 0 aromatic carbocycles. The summed E-state index contributed by atoms with van der Waals surface area (Å²) < 4.78 is 0. The molecule has 98 valence electrons. The molecule has 1 aliphatic rings. The monoisotopic (exact) mass is 250 g/mol. The first-order valence-electron chi connectivity index (χ1n) is 6.18. The Balaban J connectivity index is 2.17. The summed E-state index contributed by atoms with van der Waals surface area (Å²) in [6, 6.07) is 0.150. The molecule has 1 saturated heterocycles. The van der Waals surface area contributed by atoms with Crippen LogP contribution in [-0.4, -0.2) is 39.9 Å². The van der Waals surface area contributed by atoms with Crippen LogP contribution in [0.5, 0.6) is 0 Å². The molecule has 1 aromatic rings. The van der Waals surface area contributed by atoms with Crippen molar-refractivity contribution in [3.05, 3.63) is 27.9 Å². The molecule has 6 heteroatoms. The number of hydrogen-bond acceptors (Lipinski definition) is 4. The van der Waals surface area contributed by atoms with Crippen LogP contribution in [0.1, 0.15) is 35.4 Å². The average molecular weight is 250 g/mol. The topological polar surface area (TPSA) is 92.1 Å². The highest BCUT2D eigenvalue weighted by molar-refractivity contribution is 5.93. The molecule has 0 saturated carbocycles. The lowest BCUT2D eigenvalue weighted by atomic mass is 10.1. The zero-order chi connectivity index (χ0) is 13.1. The average Bonchev–Trinajstić information content (AvgIpc) is 2.53. The number of carbonyl (C=O) groups excluding carboxylic acids is 1. The number of likely N-dealkylation sites (tertiary alicyclic amines) is 1. The highest BCUT2D eigenvalue weighted by Gasteiger charge is 2.22. The Morgan fingerprint density at radius 1 is 1.50 bits per heavy atom. The first kappa shape index (κ1) is 12.8. The molecule has 1 aliphatic heterocycles. The van der Waals surface area contributed by atoms with Crippen molar-refractivity contribution in [1.82, 2.24) is 14.9 Å². The fraction of sp³-hybridized carbons (Fsp3) is 0.583. The van der Waals surface area contributed by atoms with Gasteiger partial charge in [-0.3, -0.25) is 9.59 Å². The summed E-state index contributed by atoms with van der Waals surface area (Å²) in [7, 11) is 0. The van der Waals surface area contributed by atoms with E-state index < -0.39 is 0 Å². The fourth-order valence-corrected chi connectivity index (χ4v) is 2.13. The van der Waals surface area contributed by atoms with E-state index in [1.807, 2.05) is 0 Å². The molecule has 0 aliphatic carbocycles. The molecular formula is C12H18N4O2. The molecule has 0 radical (unpaired) electrons. The first-order chi connectivity index (χ1) is 8.58. The summed E-state index contributed by atoms with van der Waals surface area (Å²) in [6.45, 7) is 2.94. The lowest BCUT2D eigenvalue weighted by Crippen LogP contribution is -2.36. The second kappa shape index (κ2) is 5.30. The molecule has 0 unspecified atom stereocenters. The van der Waals surface area contributed by atoms with Crippen molar-refractivity contribution in [3.63, 3.8) is 0 Å². The van der Waals surface area contributed by atoms with Crippen LogP contribution in [0.3, 0.4) is 0 Å². The number of rotatable bonds is 1. The second-order valence-corrected chi connectivity index (χ2v) is 4.69. The minimum Gasteiger partial charge on any atom is -0.338 e. The summed E-state index contributed by atoms with van der Waals surface area (Å²) >= 11 is 0. The summed E-state index contributed by atoms with van der Waals surface area (Å²) in [5, 5.41) is 0. The van der Waals surface area contributed by atoms with Gasteiger partial charge in [-0.2, -0.15) is 0 Å². The number of H-pyrrole nitrogens is 1. The van der Waals surface area contributed by atoms with Gasteiger partial charge in [0.15, 0.2) is 0 Å². The summed E-state index contributed by atoms with van der Waals surface area (Å²) in [6.07, 6.45) is 3.93. The van der Waals surface area contributed by atoms with E-state index in [2.05, 4.69) is 9.97 Å². The molecule has 3 N–H and O–H groups in total. The molecule has 1 amide bonds. The molecule has 18 heavy (non-hydrogen) atoms. The van der Waals surface area contributed by atoms with Gasteiger partial charge in [-0.25, -0.2) is 4.98 Å². The second-order valence-electron chi connectivity index (χ2n) is 4.69. The quantitative estimate of drug-likeness (QED) is 0.735. The van der Waals surface area contributed by atoms with Gasteiger partial charge in [0.05, 0.1) is 0 Å². The van der Waals surface area contributed by atoms with Crippen LogP contribution >= 0.6 is 0 Å². The Bertz CT molecular complexity index is 497. The van der Waals surface area contributed by atoms with Gasteiger partial charge in [0.25, 0.3) is 11.5 Å². The summed E-state index contributed by atoms with van der Waals surface area (Å²) in [4.78, 5) is 32.1. The molecule has 2 heterocycles.